The van der Waals surface area contributed by atoms with Crippen molar-refractivity contribution < 1.29 is 18.0 Å². The van der Waals surface area contributed by atoms with Gasteiger partial charge in [0.05, 0.1) is 10.6 Å². The predicted octanol–water partition coefficient (Wildman–Crippen LogP) is 7.70. The summed E-state index contributed by atoms with van der Waals surface area (Å²) in [4.78, 5) is 30.4. The molecule has 0 aliphatic heterocycles. The number of nitrogens with one attached hydrogen (secondary N) is 1. The molecule has 1 saturated carbocycles. The van der Waals surface area contributed by atoms with E-state index in [1.54, 1.807) is 36.4 Å². The summed E-state index contributed by atoms with van der Waals surface area (Å²) < 4.78 is 30.3. The molecule has 0 spiro atoms. The fraction of sp³-hybridized carbons (Fsp3) is 0.297. The van der Waals surface area contributed by atoms with Gasteiger partial charge in [-0.25, -0.2) is 8.42 Å². The monoisotopic (exact) mass is 735 g/mol. The highest BCUT2D eigenvalue weighted by Gasteiger charge is 2.35. The molecule has 2 amide bonds. The summed E-state index contributed by atoms with van der Waals surface area (Å²) in [5.74, 6) is -0.746. The highest BCUT2D eigenvalue weighted by molar-refractivity contribution is 9.10. The van der Waals surface area contributed by atoms with Gasteiger partial charge in [0.1, 0.15) is 12.6 Å². The van der Waals surface area contributed by atoms with Crippen LogP contribution in [0.4, 0.5) is 5.69 Å². The van der Waals surface area contributed by atoms with E-state index in [1.807, 2.05) is 61.5 Å². The minimum atomic E-state index is -4.18. The van der Waals surface area contributed by atoms with Crippen LogP contribution < -0.4 is 9.62 Å². The molecule has 0 radical (unpaired) electrons. The summed E-state index contributed by atoms with van der Waals surface area (Å²) >= 11 is 9.64. The summed E-state index contributed by atoms with van der Waals surface area (Å²) in [5.41, 5.74) is 2.90. The van der Waals surface area contributed by atoms with E-state index in [0.717, 1.165) is 57.6 Å². The maximum Gasteiger partial charge on any atom is 0.264 e. The Hall–Kier alpha value is -3.66. The number of halogens is 2. The average molecular weight is 737 g/mol. The number of nitrogens with zero attached hydrogens (tertiary/aromatic N) is 2. The van der Waals surface area contributed by atoms with E-state index in [1.165, 1.54) is 17.0 Å². The van der Waals surface area contributed by atoms with E-state index >= 15 is 0 Å². The van der Waals surface area contributed by atoms with Gasteiger partial charge in [-0.05, 0) is 79.4 Å². The molecular formula is C37H39BrClN3O4S. The van der Waals surface area contributed by atoms with Crippen molar-refractivity contribution in [3.8, 4) is 0 Å². The first-order chi connectivity index (χ1) is 22.6. The first-order valence-corrected chi connectivity index (χ1v) is 18.4. The molecule has 10 heteroatoms. The van der Waals surface area contributed by atoms with Crippen molar-refractivity contribution in [1.82, 2.24) is 10.2 Å². The second-order valence-electron chi connectivity index (χ2n) is 12.0. The molecule has 1 aliphatic carbocycles. The number of hydrogen-bond acceptors (Lipinski definition) is 4. The maximum atomic E-state index is 14.6. The third-order valence-electron chi connectivity index (χ3n) is 8.49. The molecule has 4 aromatic carbocycles. The Balaban J connectivity index is 1.55. The number of carbonyl (C=O) groups excluding carboxylic acids is 2. The van der Waals surface area contributed by atoms with E-state index in [2.05, 4.69) is 21.2 Å². The lowest BCUT2D eigenvalue weighted by Gasteiger charge is -2.35. The average Bonchev–Trinajstić information content (AvgIpc) is 3.07. The van der Waals surface area contributed by atoms with Gasteiger partial charge in [0.15, 0.2) is 0 Å². The smallest absolute Gasteiger partial charge is 0.264 e. The van der Waals surface area contributed by atoms with Crippen LogP contribution in [0.3, 0.4) is 0 Å². The largest absolute Gasteiger partial charge is 0.352 e. The van der Waals surface area contributed by atoms with Crippen LogP contribution in [0.25, 0.3) is 0 Å². The zero-order valence-corrected chi connectivity index (χ0v) is 29.5. The van der Waals surface area contributed by atoms with Crippen LogP contribution >= 0.6 is 27.5 Å². The van der Waals surface area contributed by atoms with Crippen molar-refractivity contribution in [3.63, 3.8) is 0 Å². The van der Waals surface area contributed by atoms with Crippen LogP contribution in [-0.4, -0.2) is 43.8 Å². The summed E-state index contributed by atoms with van der Waals surface area (Å²) in [6.45, 7) is 1.47. The van der Waals surface area contributed by atoms with Crippen molar-refractivity contribution in [3.05, 3.63) is 129 Å². The SMILES string of the molecule is Cc1ccc(S(=O)(=O)N(CC(=O)N(Cc2ccc(Br)cc2)[C@@H](Cc2ccccc2)C(=O)NC2CCCCC2)c2ccc(Cl)cc2)cc1. The molecule has 0 unspecified atom stereocenters. The lowest BCUT2D eigenvalue weighted by atomic mass is 9.94. The molecule has 1 atom stereocenters. The maximum absolute atomic E-state index is 14.6. The van der Waals surface area contributed by atoms with E-state index in [4.69, 9.17) is 11.6 Å². The van der Waals surface area contributed by atoms with Gasteiger partial charge in [0.25, 0.3) is 10.0 Å². The Bertz CT molecular complexity index is 1750. The van der Waals surface area contributed by atoms with Crippen molar-refractivity contribution in [2.75, 3.05) is 10.8 Å². The van der Waals surface area contributed by atoms with Crippen LogP contribution in [0.2, 0.25) is 5.02 Å². The normalized spacial score (nSPS) is 14.3. The standard InChI is InChI=1S/C37H39BrClN3O4S/c1-27-12-22-34(23-13-27)47(45,46)42(33-20-18-31(39)19-21-33)26-36(43)41(25-29-14-16-30(38)17-15-29)35(24-28-8-4-2-5-9-28)37(44)40-32-10-6-3-7-11-32/h2,4-5,8-9,12-23,32,35H,3,6-7,10-11,24-26H2,1H3,(H,40,44)/t35-/m0/s1. The molecule has 1 aliphatic rings. The molecule has 0 saturated heterocycles. The van der Waals surface area contributed by atoms with Gasteiger partial charge in [-0.15, -0.1) is 0 Å². The highest BCUT2D eigenvalue weighted by Crippen LogP contribution is 2.27. The predicted molar refractivity (Wildman–Crippen MR) is 191 cm³/mol. The molecule has 47 heavy (non-hydrogen) atoms. The lowest BCUT2D eigenvalue weighted by Crippen LogP contribution is -2.55. The number of sulfonamides is 1. The summed E-state index contributed by atoms with van der Waals surface area (Å²) in [6.07, 6.45) is 5.29. The quantitative estimate of drug-likeness (QED) is 0.162. The van der Waals surface area contributed by atoms with E-state index in [-0.39, 0.29) is 35.5 Å². The van der Waals surface area contributed by atoms with Crippen LogP contribution in [0.5, 0.6) is 0 Å². The number of amides is 2. The third kappa shape index (κ3) is 9.24. The fourth-order valence-corrected chi connectivity index (χ4v) is 7.66. The molecule has 0 aromatic heterocycles. The van der Waals surface area contributed by atoms with E-state index in [0.29, 0.717) is 5.02 Å². The van der Waals surface area contributed by atoms with Crippen LogP contribution in [0.1, 0.15) is 48.8 Å². The number of carbonyl (C=O) groups is 2. The van der Waals surface area contributed by atoms with E-state index in [9.17, 15) is 18.0 Å². The molecule has 1 fully saturated rings. The minimum Gasteiger partial charge on any atom is -0.352 e. The number of aryl methyl sites for hydroxylation is 1. The van der Waals surface area contributed by atoms with Gasteiger partial charge in [-0.2, -0.15) is 0 Å². The Kier molecular flexibility index (Phi) is 11.8. The van der Waals surface area contributed by atoms with Crippen molar-refractivity contribution in [2.45, 2.75) is 69.0 Å². The third-order valence-corrected chi connectivity index (χ3v) is 11.1. The fourth-order valence-electron chi connectivity index (χ4n) is 5.86. The van der Waals surface area contributed by atoms with Gasteiger partial charge in [-0.1, -0.05) is 107 Å². The van der Waals surface area contributed by atoms with Gasteiger partial charge in [0, 0.05) is 28.5 Å². The van der Waals surface area contributed by atoms with Crippen LogP contribution in [-0.2, 0) is 32.6 Å². The van der Waals surface area contributed by atoms with Gasteiger partial charge >= 0.3 is 0 Å². The highest BCUT2D eigenvalue weighted by atomic mass is 79.9. The Morgan fingerprint density at radius 2 is 1.49 bits per heavy atom. The molecule has 4 aromatic rings. The van der Waals surface area contributed by atoms with Crippen LogP contribution in [0.15, 0.2) is 112 Å². The lowest BCUT2D eigenvalue weighted by molar-refractivity contribution is -0.140. The number of anilines is 1. The van der Waals surface area contributed by atoms with E-state index < -0.39 is 28.5 Å². The molecule has 1 N–H and O–H groups in total. The van der Waals surface area contributed by atoms with Gasteiger partial charge in [-0.3, -0.25) is 13.9 Å². The zero-order valence-electron chi connectivity index (χ0n) is 26.3. The van der Waals surface area contributed by atoms with Crippen molar-refractivity contribution in [2.24, 2.45) is 0 Å². The van der Waals surface area contributed by atoms with Crippen molar-refractivity contribution >= 4 is 55.1 Å². The molecule has 7 nitrogen and oxygen atoms in total. The van der Waals surface area contributed by atoms with Gasteiger partial charge < -0.3 is 10.2 Å². The second kappa shape index (κ2) is 16.0. The molecule has 5 rings (SSSR count). The molecular weight excluding hydrogens is 698 g/mol. The number of rotatable bonds is 12. The minimum absolute atomic E-state index is 0.0339. The molecule has 246 valence electrons. The second-order valence-corrected chi connectivity index (χ2v) is 15.2. The summed E-state index contributed by atoms with van der Waals surface area (Å²) in [5, 5.41) is 3.67. The van der Waals surface area contributed by atoms with Crippen LogP contribution in [0, 0.1) is 6.92 Å². The first kappa shape index (κ1) is 34.7. The number of hydrogen-bond donors (Lipinski definition) is 1. The molecule has 0 heterocycles. The Labute approximate surface area is 291 Å². The number of benzene rings is 4. The summed E-state index contributed by atoms with van der Waals surface area (Å²) in [6, 6.07) is 29.1. The molecule has 0 bridgehead atoms. The van der Waals surface area contributed by atoms with Gasteiger partial charge in [0.2, 0.25) is 11.8 Å². The Morgan fingerprint density at radius 3 is 2.13 bits per heavy atom. The Morgan fingerprint density at radius 1 is 0.851 bits per heavy atom. The van der Waals surface area contributed by atoms with Crippen molar-refractivity contribution in [1.29, 1.82) is 0 Å². The first-order valence-electron chi connectivity index (χ1n) is 15.8. The topological polar surface area (TPSA) is 86.8 Å². The zero-order chi connectivity index (χ0) is 33.4. The summed E-state index contributed by atoms with van der Waals surface area (Å²) in [7, 11) is -4.18.